The van der Waals surface area contributed by atoms with Crippen LogP contribution in [-0.2, 0) is 52.7 Å². The number of esters is 1. The average molecular weight is 993 g/mol. The maximum atomic E-state index is 14.2. The molecule has 70 heavy (non-hydrogen) atoms. The standard InChI is InChI=1S/C50H88N8O12/c1-12-14-15-16-17-18-19-20-33-26-40(60)52-34(21-22-39(51)59)44(63)53-35(23-28(3)4)45(64)54-36(24-29(5)6)47(66)57-42(31(9)10)49(68)56-38(27-41(61)62)46(65)55-37(25-30(7)8)48(67)58-43(32(11)13-2)50(69)70-33/h28-38,42-43H,12-27H2,1-11H3,(H2,51,59)(H,52,60)(H,53,63)(H,54,64)(H,55,65)(H,56,68)(H,57,66)(H,58,67)(H,61,62)/t32-,33?,34-,35?,36+,37+,38?,42-,43?/m0/s1. The lowest BCUT2D eigenvalue weighted by atomic mass is 9.97. The molecule has 4 unspecified atom stereocenters. The molecule has 400 valence electrons. The summed E-state index contributed by atoms with van der Waals surface area (Å²) in [6, 6.07) is -9.48. The second-order valence-electron chi connectivity index (χ2n) is 20.6. The summed E-state index contributed by atoms with van der Waals surface area (Å²) in [5.74, 6) is -10.4. The Morgan fingerprint density at radius 1 is 0.557 bits per heavy atom. The Balaban J connectivity index is 4.02. The third-order valence-corrected chi connectivity index (χ3v) is 12.2. The third kappa shape index (κ3) is 24.5. The fourth-order valence-corrected chi connectivity index (χ4v) is 8.07. The van der Waals surface area contributed by atoms with Gasteiger partial charge in [-0.3, -0.25) is 43.2 Å². The number of hydrogen-bond acceptors (Lipinski definition) is 11. The molecular formula is C50H88N8O12. The third-order valence-electron chi connectivity index (χ3n) is 12.2. The molecule has 1 aliphatic heterocycles. The van der Waals surface area contributed by atoms with Gasteiger partial charge in [-0.2, -0.15) is 0 Å². The number of nitrogens with one attached hydrogen (secondary N) is 7. The molecule has 0 saturated carbocycles. The van der Waals surface area contributed by atoms with Gasteiger partial charge in [0, 0.05) is 6.42 Å². The molecule has 1 saturated heterocycles. The lowest BCUT2D eigenvalue weighted by molar-refractivity contribution is -0.156. The highest BCUT2D eigenvalue weighted by atomic mass is 16.5. The molecule has 1 aliphatic rings. The van der Waals surface area contributed by atoms with E-state index in [1.165, 1.54) is 0 Å². The van der Waals surface area contributed by atoms with Crippen molar-refractivity contribution in [2.24, 2.45) is 35.3 Å². The van der Waals surface area contributed by atoms with Crippen molar-refractivity contribution in [2.45, 2.75) is 227 Å². The predicted molar refractivity (Wildman–Crippen MR) is 264 cm³/mol. The van der Waals surface area contributed by atoms with Crippen LogP contribution in [-0.4, -0.2) is 113 Å². The monoisotopic (exact) mass is 993 g/mol. The molecule has 8 amide bonds. The van der Waals surface area contributed by atoms with Crippen LogP contribution in [0.15, 0.2) is 0 Å². The van der Waals surface area contributed by atoms with Crippen molar-refractivity contribution >= 4 is 59.2 Å². The van der Waals surface area contributed by atoms with E-state index in [-0.39, 0.29) is 56.3 Å². The highest BCUT2D eigenvalue weighted by Crippen LogP contribution is 2.19. The molecule has 20 heteroatoms. The van der Waals surface area contributed by atoms with E-state index in [9.17, 15) is 53.1 Å². The highest BCUT2D eigenvalue weighted by molar-refractivity contribution is 5.98. The zero-order chi connectivity index (χ0) is 53.2. The van der Waals surface area contributed by atoms with E-state index in [4.69, 9.17) is 10.5 Å². The number of aliphatic carboxylic acids is 1. The van der Waals surface area contributed by atoms with Crippen molar-refractivity contribution in [2.75, 3.05) is 0 Å². The van der Waals surface area contributed by atoms with Gasteiger partial charge in [-0.25, -0.2) is 4.79 Å². The van der Waals surface area contributed by atoms with Gasteiger partial charge in [0.05, 0.1) is 12.8 Å². The van der Waals surface area contributed by atoms with Crippen LogP contribution >= 0.6 is 0 Å². The Bertz CT molecular complexity index is 1740. The maximum absolute atomic E-state index is 14.2. The first-order valence-corrected chi connectivity index (χ1v) is 25.6. The lowest BCUT2D eigenvalue weighted by Crippen LogP contribution is -2.61. The van der Waals surface area contributed by atoms with Gasteiger partial charge < -0.3 is 52.8 Å². The van der Waals surface area contributed by atoms with Crippen LogP contribution in [0.25, 0.3) is 0 Å². The number of nitrogens with two attached hydrogens (primary N) is 1. The number of carbonyl (C=O) groups excluding carboxylic acids is 9. The number of carbonyl (C=O) groups is 10. The zero-order valence-electron chi connectivity index (χ0n) is 43.8. The quantitative estimate of drug-likeness (QED) is 0.0557. The normalized spacial score (nSPS) is 24.8. The minimum Gasteiger partial charge on any atom is -0.481 e. The Kier molecular flexibility index (Phi) is 29.2. The minimum atomic E-state index is -1.72. The Morgan fingerprint density at radius 2 is 0.986 bits per heavy atom. The van der Waals surface area contributed by atoms with Crippen molar-refractivity contribution in [3.8, 4) is 0 Å². The summed E-state index contributed by atoms with van der Waals surface area (Å²) >= 11 is 0. The summed E-state index contributed by atoms with van der Waals surface area (Å²) in [7, 11) is 0. The van der Waals surface area contributed by atoms with Crippen LogP contribution in [0.1, 0.15) is 179 Å². The van der Waals surface area contributed by atoms with E-state index >= 15 is 0 Å². The largest absolute Gasteiger partial charge is 0.481 e. The van der Waals surface area contributed by atoms with E-state index in [1.54, 1.807) is 41.5 Å². The Labute approximate surface area is 415 Å². The minimum absolute atomic E-state index is 0.0464. The molecule has 0 aliphatic carbocycles. The SMILES string of the molecule is CCCCCCCCCC1CC(=O)N[C@@H](CCC(N)=O)C(=O)NC(CC(C)C)C(=O)N[C@H](CC(C)C)C(=O)N[C@@H](C(C)C)C(=O)NC(CC(=O)O)C(=O)N[C@H](CC(C)C)C(=O)NC([C@@H](C)CC)C(=O)O1. The maximum Gasteiger partial charge on any atom is 0.329 e. The first kappa shape index (κ1) is 62.7. The number of unbranched alkanes of at least 4 members (excludes halogenated alkanes) is 6. The van der Waals surface area contributed by atoms with Crippen LogP contribution in [0, 0.1) is 29.6 Å². The van der Waals surface area contributed by atoms with Gasteiger partial charge in [0.15, 0.2) is 0 Å². The van der Waals surface area contributed by atoms with Crippen LogP contribution < -0.4 is 43.0 Å². The van der Waals surface area contributed by atoms with Crippen molar-refractivity contribution in [3.63, 3.8) is 0 Å². The number of rotatable bonds is 22. The summed E-state index contributed by atoms with van der Waals surface area (Å²) in [4.78, 5) is 137. The van der Waals surface area contributed by atoms with Gasteiger partial charge in [0.25, 0.3) is 0 Å². The number of carboxylic acids is 1. The Morgan fingerprint density at radius 3 is 1.43 bits per heavy atom. The molecule has 0 bridgehead atoms. The van der Waals surface area contributed by atoms with E-state index in [2.05, 4.69) is 44.1 Å². The Hall–Kier alpha value is -5.30. The van der Waals surface area contributed by atoms with Crippen LogP contribution in [0.5, 0.6) is 0 Å². The van der Waals surface area contributed by atoms with Crippen molar-refractivity contribution in [3.05, 3.63) is 0 Å². The van der Waals surface area contributed by atoms with Crippen molar-refractivity contribution in [1.29, 1.82) is 0 Å². The van der Waals surface area contributed by atoms with Gasteiger partial charge >= 0.3 is 11.9 Å². The van der Waals surface area contributed by atoms with E-state index in [0.29, 0.717) is 12.8 Å². The molecule has 0 radical (unpaired) electrons. The molecule has 1 rings (SSSR count). The molecule has 0 spiro atoms. The number of hydrogen-bond donors (Lipinski definition) is 9. The summed E-state index contributed by atoms with van der Waals surface area (Å²) in [5, 5.41) is 28.4. The molecule has 9 atom stereocenters. The molecule has 1 fully saturated rings. The number of primary amides is 1. The molecule has 0 aromatic heterocycles. The number of cyclic esters (lactones) is 1. The number of carboxylic acid groups (broad SMARTS) is 1. The van der Waals surface area contributed by atoms with Crippen LogP contribution in [0.4, 0.5) is 0 Å². The van der Waals surface area contributed by atoms with Crippen molar-refractivity contribution < 1.29 is 57.8 Å². The summed E-state index contributed by atoms with van der Waals surface area (Å²) in [6.45, 7) is 19.7. The van der Waals surface area contributed by atoms with Crippen molar-refractivity contribution in [1.82, 2.24) is 37.2 Å². The number of amides is 8. The van der Waals surface area contributed by atoms with Gasteiger partial charge in [0.1, 0.15) is 48.4 Å². The lowest BCUT2D eigenvalue weighted by Gasteiger charge is -2.30. The zero-order valence-corrected chi connectivity index (χ0v) is 43.8. The molecule has 10 N–H and O–H groups in total. The molecular weight excluding hydrogens is 905 g/mol. The van der Waals surface area contributed by atoms with Crippen LogP contribution in [0.2, 0.25) is 0 Å². The van der Waals surface area contributed by atoms with Gasteiger partial charge in [0.2, 0.25) is 47.3 Å². The topological polar surface area (TPSA) is 310 Å². The van der Waals surface area contributed by atoms with Gasteiger partial charge in [-0.1, -0.05) is 121 Å². The smallest absolute Gasteiger partial charge is 0.329 e. The van der Waals surface area contributed by atoms with E-state index < -0.39 is 132 Å². The van der Waals surface area contributed by atoms with E-state index in [1.807, 2.05) is 27.7 Å². The fourth-order valence-electron chi connectivity index (χ4n) is 8.07. The van der Waals surface area contributed by atoms with E-state index in [0.717, 1.165) is 38.5 Å². The molecule has 1 heterocycles. The second kappa shape index (κ2) is 32.6. The average Bonchev–Trinajstić information content (AvgIpc) is 3.25. The highest BCUT2D eigenvalue weighted by Gasteiger charge is 2.38. The summed E-state index contributed by atoms with van der Waals surface area (Å²) < 4.78 is 6.04. The summed E-state index contributed by atoms with van der Waals surface area (Å²) in [6.07, 6.45) is 4.59. The second-order valence-corrected chi connectivity index (χ2v) is 20.6. The number of ether oxygens (including phenoxy) is 1. The van der Waals surface area contributed by atoms with Gasteiger partial charge in [-0.05, 0) is 68.1 Å². The first-order valence-electron chi connectivity index (χ1n) is 25.6. The fraction of sp³-hybridized carbons (Fsp3) is 0.800. The molecule has 0 aromatic rings. The molecule has 20 nitrogen and oxygen atoms in total. The van der Waals surface area contributed by atoms with Crippen LogP contribution in [0.3, 0.4) is 0 Å². The first-order chi connectivity index (χ1) is 32.8. The summed E-state index contributed by atoms with van der Waals surface area (Å²) in [5.41, 5.74) is 5.48. The molecule has 0 aromatic carbocycles. The van der Waals surface area contributed by atoms with Gasteiger partial charge in [-0.15, -0.1) is 0 Å². The predicted octanol–water partition coefficient (Wildman–Crippen LogP) is 3.42.